The first kappa shape index (κ1) is 17.3. The summed E-state index contributed by atoms with van der Waals surface area (Å²) in [6, 6.07) is 0. The maximum absolute atomic E-state index is 11.4. The summed E-state index contributed by atoms with van der Waals surface area (Å²) < 4.78 is 0. The van der Waals surface area contributed by atoms with Gasteiger partial charge in [-0.05, 0) is 0 Å². The Kier molecular flexibility index (Phi) is 7.76. The Labute approximate surface area is 98.2 Å². The van der Waals surface area contributed by atoms with Crippen molar-refractivity contribution in [3.8, 4) is 0 Å². The molecule has 0 unspecified atom stereocenters. The van der Waals surface area contributed by atoms with Crippen LogP contribution in [-0.2, 0) is 19.2 Å². The zero-order chi connectivity index (χ0) is 13.4. The molecule has 0 aromatic rings. The molecule has 0 heterocycles. The second-order valence-electron chi connectivity index (χ2n) is 3.35. The van der Waals surface area contributed by atoms with Crippen molar-refractivity contribution in [1.82, 2.24) is 15.1 Å². The van der Waals surface area contributed by atoms with Gasteiger partial charge in [0, 0.05) is 14.1 Å². The number of carboxylic acid groups (broad SMARTS) is 1. The van der Waals surface area contributed by atoms with Crippen molar-refractivity contribution in [1.29, 1.82) is 0 Å². The van der Waals surface area contributed by atoms with E-state index in [0.29, 0.717) is 0 Å². The van der Waals surface area contributed by atoms with Gasteiger partial charge in [-0.3, -0.25) is 14.4 Å². The molecule has 0 saturated heterocycles. The van der Waals surface area contributed by atoms with Gasteiger partial charge < -0.3 is 25.0 Å². The van der Waals surface area contributed by atoms with Gasteiger partial charge >= 0.3 is 5.97 Å². The minimum Gasteiger partial charge on any atom is -0.522 e. The Bertz CT molecular complexity index is 323. The SMILES string of the molecule is CN(CC(=O)O)C(=O)CN(C)C(=O)CN[C-]=O.[Fm]. The molecule has 0 aromatic carbocycles. The van der Waals surface area contributed by atoms with Gasteiger partial charge in [0.2, 0.25) is 11.8 Å². The molecule has 0 aliphatic rings. The van der Waals surface area contributed by atoms with Crippen molar-refractivity contribution in [2.45, 2.75) is 0 Å². The van der Waals surface area contributed by atoms with Gasteiger partial charge in [0.1, 0.15) is 6.54 Å². The van der Waals surface area contributed by atoms with E-state index in [1.165, 1.54) is 20.5 Å². The average Bonchev–Trinajstić information content (AvgIpc) is 2.24. The van der Waals surface area contributed by atoms with Gasteiger partial charge in [0.25, 0.3) is 0 Å². The number of aliphatic carboxylic acids is 1. The van der Waals surface area contributed by atoms with Crippen LogP contribution in [0, 0.1) is 0 Å². The maximum atomic E-state index is 11.4. The molecule has 0 spiro atoms. The fraction of sp³-hybridized carbons (Fsp3) is 0.556. The van der Waals surface area contributed by atoms with Crippen molar-refractivity contribution in [3.05, 3.63) is 0 Å². The van der Waals surface area contributed by atoms with E-state index < -0.39 is 24.3 Å². The number of rotatable bonds is 7. The molecule has 8 nitrogen and oxygen atoms in total. The molecular formula is C9H14FmN3O5-. The molecule has 0 atom stereocenters. The van der Waals surface area contributed by atoms with Crippen LogP contribution >= 0.6 is 0 Å². The summed E-state index contributed by atoms with van der Waals surface area (Å²) >= 11 is 0. The molecular weight excluding hydrogens is 487 g/mol. The summed E-state index contributed by atoms with van der Waals surface area (Å²) in [4.78, 5) is 45.0. The molecule has 0 rings (SSSR count). The Balaban J connectivity index is 0. The van der Waals surface area contributed by atoms with E-state index in [1.54, 1.807) is 0 Å². The fourth-order valence-electron chi connectivity index (χ4n) is 0.950. The molecule has 9 heteroatoms. The van der Waals surface area contributed by atoms with Crippen LogP contribution in [0.15, 0.2) is 0 Å². The topological polar surface area (TPSA) is 107 Å². The largest absolute Gasteiger partial charge is 0.522 e. The van der Waals surface area contributed by atoms with Crippen LogP contribution in [0.4, 0.5) is 0 Å². The van der Waals surface area contributed by atoms with Crippen molar-refractivity contribution in [2.24, 2.45) is 0 Å². The summed E-state index contributed by atoms with van der Waals surface area (Å²) in [5.74, 6) is -2.10. The van der Waals surface area contributed by atoms with E-state index in [1.807, 2.05) is 5.32 Å². The van der Waals surface area contributed by atoms with Gasteiger partial charge in [0.15, 0.2) is 0 Å². The molecule has 2 N–H and O–H groups in total. The van der Waals surface area contributed by atoms with E-state index in [9.17, 15) is 19.2 Å². The Hall–Kier alpha value is -3.12. The Morgan fingerprint density at radius 1 is 1.11 bits per heavy atom. The fourth-order valence-corrected chi connectivity index (χ4v) is 0.950. The summed E-state index contributed by atoms with van der Waals surface area (Å²) in [7, 11) is 2.70. The van der Waals surface area contributed by atoms with Crippen LogP contribution in [0.1, 0.15) is 0 Å². The average molecular weight is 501 g/mol. The summed E-state index contributed by atoms with van der Waals surface area (Å²) in [5.41, 5.74) is 0. The van der Waals surface area contributed by atoms with E-state index in [-0.39, 0.29) is 13.1 Å². The molecule has 0 radical (unpaired) electrons. The molecule has 18 heavy (non-hydrogen) atoms. The van der Waals surface area contributed by atoms with Gasteiger partial charge in [-0.15, -0.1) is 0 Å². The summed E-state index contributed by atoms with van der Waals surface area (Å²) in [6.45, 7) is -0.930. The number of carbonyl (C=O) groups excluding carboxylic acids is 3. The smallest absolute Gasteiger partial charge is 0.323 e. The van der Waals surface area contributed by atoms with Crippen LogP contribution in [-0.4, -0.2) is 72.8 Å². The number of carboxylic acids is 1. The molecule has 0 saturated carbocycles. The number of hydrogen-bond donors (Lipinski definition) is 2. The van der Waals surface area contributed by atoms with Gasteiger partial charge in [-0.25, -0.2) is 0 Å². The van der Waals surface area contributed by atoms with Crippen LogP contribution in [0.25, 0.3) is 0 Å². The normalized spacial score (nSPS) is 8.78. The molecule has 108 valence electrons. The second kappa shape index (κ2) is 8.08. The predicted molar refractivity (Wildman–Crippen MR) is 56.6 cm³/mol. The summed E-state index contributed by atoms with van der Waals surface area (Å²) in [6.07, 6.45) is 1.34. The quantitative estimate of drug-likeness (QED) is 0.300. The Morgan fingerprint density at radius 3 is 2.06 bits per heavy atom. The predicted octanol–water partition coefficient (Wildman–Crippen LogP) is -2.36. The molecule has 3 amide bonds. The number of nitrogens with one attached hydrogen (secondary N) is 1. The van der Waals surface area contributed by atoms with Crippen LogP contribution in [0.5, 0.6) is 0 Å². The van der Waals surface area contributed by atoms with Crippen LogP contribution < -0.4 is 5.32 Å². The summed E-state index contributed by atoms with van der Waals surface area (Å²) in [5, 5.41) is 10.5. The molecule has 0 aromatic heterocycles. The first-order chi connectivity index (χ1) is 7.88. The molecule has 0 aliphatic carbocycles. The van der Waals surface area contributed by atoms with E-state index in [2.05, 4.69) is 0 Å². The van der Waals surface area contributed by atoms with Gasteiger partial charge in [-0.2, -0.15) is 6.41 Å². The standard InChI is InChI=1S/C9H14N3O5.Fm/c1-11(7(14)3-10-6-13)4-8(15)12(2)5-9(16)17;/h3-5H2,1-2H3,(H,10,13)(H,16,17);/q-1;. The second-order valence-corrected chi connectivity index (χ2v) is 3.35. The molecule has 0 bridgehead atoms. The van der Waals surface area contributed by atoms with Crippen molar-refractivity contribution < 1.29 is 24.3 Å². The van der Waals surface area contributed by atoms with Crippen molar-refractivity contribution in [3.63, 3.8) is 0 Å². The number of likely N-dealkylation sites (N-methyl/N-ethyl adjacent to an activating group) is 2. The first-order valence-electron chi connectivity index (χ1n) is 4.68. The van der Waals surface area contributed by atoms with Gasteiger partial charge in [-0.1, -0.05) is 0 Å². The minimum absolute atomic E-state index is 0. The van der Waals surface area contributed by atoms with E-state index in [0.717, 1.165) is 9.80 Å². The van der Waals surface area contributed by atoms with E-state index >= 15 is 0 Å². The third-order valence-corrected chi connectivity index (χ3v) is 1.91. The zero-order valence-corrected chi connectivity index (χ0v) is 12.3. The van der Waals surface area contributed by atoms with Crippen LogP contribution in [0.3, 0.4) is 0 Å². The number of carbonyl (C=O) groups is 3. The third-order valence-electron chi connectivity index (χ3n) is 1.91. The maximum Gasteiger partial charge on any atom is 0.323 e. The van der Waals surface area contributed by atoms with Gasteiger partial charge in [0.05, 0.1) is 13.1 Å². The molecule has 0 fully saturated rings. The third kappa shape index (κ3) is 6.38. The number of amides is 3. The van der Waals surface area contributed by atoms with Crippen LogP contribution in [0.2, 0.25) is 0 Å². The monoisotopic (exact) mass is 501 g/mol. The van der Waals surface area contributed by atoms with E-state index in [4.69, 9.17) is 5.11 Å². The van der Waals surface area contributed by atoms with Crippen molar-refractivity contribution >= 4 is 24.2 Å². The zero-order valence-electron chi connectivity index (χ0n) is 9.88. The number of nitrogens with zero attached hydrogens (tertiary/aromatic N) is 2. The minimum atomic E-state index is -1.13. The Morgan fingerprint density at radius 2 is 1.61 bits per heavy atom. The molecule has 0 aliphatic heterocycles. The first-order valence-corrected chi connectivity index (χ1v) is 4.68. The van der Waals surface area contributed by atoms with Crippen molar-refractivity contribution in [2.75, 3.05) is 33.7 Å². The number of hydrogen-bond acceptors (Lipinski definition) is 4.